The Kier molecular flexibility index (Phi) is 3.69. The van der Waals surface area contributed by atoms with Crippen molar-refractivity contribution in [3.63, 3.8) is 0 Å². The van der Waals surface area contributed by atoms with Gasteiger partial charge in [0.15, 0.2) is 0 Å². The summed E-state index contributed by atoms with van der Waals surface area (Å²) in [6.07, 6.45) is 0. The van der Waals surface area contributed by atoms with Crippen molar-refractivity contribution >= 4 is 0 Å². The van der Waals surface area contributed by atoms with Crippen LogP contribution in [-0.4, -0.2) is 7.11 Å². The van der Waals surface area contributed by atoms with Gasteiger partial charge >= 0.3 is 0 Å². The summed E-state index contributed by atoms with van der Waals surface area (Å²) < 4.78 is 18.5. The highest BCUT2D eigenvalue weighted by molar-refractivity contribution is 5.44. The fourth-order valence-electron chi connectivity index (χ4n) is 1.78. The second kappa shape index (κ2) is 4.62. The molecule has 15 heavy (non-hydrogen) atoms. The molecule has 2 N–H and O–H groups in total. The van der Waals surface area contributed by atoms with Crippen LogP contribution >= 0.6 is 0 Å². The lowest BCUT2D eigenvalue weighted by atomic mass is 9.92. The van der Waals surface area contributed by atoms with Gasteiger partial charge in [0.1, 0.15) is 11.6 Å². The summed E-state index contributed by atoms with van der Waals surface area (Å²) in [6, 6.07) is 2.70. The van der Waals surface area contributed by atoms with Crippen LogP contribution in [0, 0.1) is 5.82 Å². The van der Waals surface area contributed by atoms with Crippen molar-refractivity contribution in [2.24, 2.45) is 5.73 Å². The number of hydrogen-bond donors (Lipinski definition) is 1. The summed E-state index contributed by atoms with van der Waals surface area (Å²) in [4.78, 5) is 0. The molecule has 1 rings (SSSR count). The number of hydrogen-bond acceptors (Lipinski definition) is 2. The highest BCUT2D eigenvalue weighted by Gasteiger charge is 2.17. The van der Waals surface area contributed by atoms with Gasteiger partial charge in [-0.2, -0.15) is 0 Å². The van der Waals surface area contributed by atoms with Gasteiger partial charge in [-0.05, 0) is 24.5 Å². The van der Waals surface area contributed by atoms with E-state index in [0.29, 0.717) is 5.75 Å². The maximum Gasteiger partial charge on any atom is 0.127 e. The Balaban J connectivity index is 3.40. The molecule has 0 radical (unpaired) electrons. The SMILES string of the molecule is COc1cc(F)cc(C(C)N)c1C(C)C. The standard InChI is InChI=1S/C12H18FNO/c1-7(2)12-10(8(3)14)5-9(13)6-11(12)15-4/h5-8H,14H2,1-4H3. The molecule has 0 fully saturated rings. The van der Waals surface area contributed by atoms with Gasteiger partial charge in [0.25, 0.3) is 0 Å². The molecule has 0 spiro atoms. The van der Waals surface area contributed by atoms with Gasteiger partial charge in [0.05, 0.1) is 7.11 Å². The molecule has 0 saturated heterocycles. The van der Waals surface area contributed by atoms with Crippen LogP contribution in [0.2, 0.25) is 0 Å². The van der Waals surface area contributed by atoms with Gasteiger partial charge in [-0.25, -0.2) is 4.39 Å². The molecule has 1 aromatic carbocycles. The smallest absolute Gasteiger partial charge is 0.127 e. The Hall–Kier alpha value is -1.09. The van der Waals surface area contributed by atoms with Crippen LogP contribution in [0.5, 0.6) is 5.75 Å². The van der Waals surface area contributed by atoms with Crippen LogP contribution < -0.4 is 10.5 Å². The minimum Gasteiger partial charge on any atom is -0.496 e. The van der Waals surface area contributed by atoms with E-state index in [4.69, 9.17) is 10.5 Å². The van der Waals surface area contributed by atoms with Crippen LogP contribution in [0.4, 0.5) is 4.39 Å². The molecule has 0 amide bonds. The predicted molar refractivity (Wildman–Crippen MR) is 59.6 cm³/mol. The van der Waals surface area contributed by atoms with Crippen LogP contribution in [-0.2, 0) is 0 Å². The maximum atomic E-state index is 13.3. The average Bonchev–Trinajstić information content (AvgIpc) is 2.15. The van der Waals surface area contributed by atoms with Crippen molar-refractivity contribution in [1.29, 1.82) is 0 Å². The summed E-state index contributed by atoms with van der Waals surface area (Å²) in [5.41, 5.74) is 7.64. The molecular formula is C12H18FNO. The van der Waals surface area contributed by atoms with Crippen LogP contribution in [0.25, 0.3) is 0 Å². The summed E-state index contributed by atoms with van der Waals surface area (Å²) in [5.74, 6) is 0.544. The van der Waals surface area contributed by atoms with Crippen LogP contribution in [0.3, 0.4) is 0 Å². The fraction of sp³-hybridized carbons (Fsp3) is 0.500. The van der Waals surface area contributed by atoms with Crippen LogP contribution in [0.15, 0.2) is 12.1 Å². The first kappa shape index (κ1) is 12.0. The van der Waals surface area contributed by atoms with Crippen molar-refractivity contribution in [3.8, 4) is 5.75 Å². The van der Waals surface area contributed by atoms with E-state index < -0.39 is 0 Å². The molecule has 2 nitrogen and oxygen atoms in total. The van der Waals surface area contributed by atoms with Gasteiger partial charge in [-0.15, -0.1) is 0 Å². The Bertz CT molecular complexity index is 348. The van der Waals surface area contributed by atoms with Crippen molar-refractivity contribution in [2.45, 2.75) is 32.7 Å². The molecule has 84 valence electrons. The van der Waals surface area contributed by atoms with E-state index in [0.717, 1.165) is 11.1 Å². The third-order valence-electron chi connectivity index (χ3n) is 2.43. The van der Waals surface area contributed by atoms with Gasteiger partial charge < -0.3 is 10.5 Å². The lowest BCUT2D eigenvalue weighted by Crippen LogP contribution is -2.11. The summed E-state index contributed by atoms with van der Waals surface area (Å²) >= 11 is 0. The minimum atomic E-state index is -0.302. The highest BCUT2D eigenvalue weighted by atomic mass is 19.1. The van der Waals surface area contributed by atoms with Crippen molar-refractivity contribution < 1.29 is 9.13 Å². The number of nitrogens with two attached hydrogens (primary N) is 1. The topological polar surface area (TPSA) is 35.2 Å². The monoisotopic (exact) mass is 211 g/mol. The molecule has 0 aromatic heterocycles. The van der Waals surface area contributed by atoms with E-state index in [-0.39, 0.29) is 17.8 Å². The predicted octanol–water partition coefficient (Wildman–Crippen LogP) is 2.98. The number of methoxy groups -OCH3 is 1. The van der Waals surface area contributed by atoms with Crippen molar-refractivity contribution in [1.82, 2.24) is 0 Å². The molecular weight excluding hydrogens is 193 g/mol. The van der Waals surface area contributed by atoms with Crippen molar-refractivity contribution in [2.75, 3.05) is 7.11 Å². The largest absolute Gasteiger partial charge is 0.496 e. The summed E-state index contributed by atoms with van der Waals surface area (Å²) in [5, 5.41) is 0. The van der Waals surface area contributed by atoms with Crippen LogP contribution in [0.1, 0.15) is 43.9 Å². The zero-order valence-corrected chi connectivity index (χ0v) is 9.67. The van der Waals surface area contributed by atoms with Gasteiger partial charge in [0.2, 0.25) is 0 Å². The number of benzene rings is 1. The zero-order chi connectivity index (χ0) is 11.6. The van der Waals surface area contributed by atoms with E-state index in [1.54, 1.807) is 7.11 Å². The van der Waals surface area contributed by atoms with Gasteiger partial charge in [0, 0.05) is 17.7 Å². The first-order valence-electron chi connectivity index (χ1n) is 5.10. The quantitative estimate of drug-likeness (QED) is 0.834. The van der Waals surface area contributed by atoms with E-state index >= 15 is 0 Å². The molecule has 3 heteroatoms. The molecule has 0 heterocycles. The molecule has 1 unspecified atom stereocenters. The second-order valence-electron chi connectivity index (χ2n) is 4.05. The molecule has 0 bridgehead atoms. The van der Waals surface area contributed by atoms with Gasteiger partial charge in [-0.1, -0.05) is 13.8 Å². The lowest BCUT2D eigenvalue weighted by molar-refractivity contribution is 0.402. The Morgan fingerprint density at radius 2 is 1.87 bits per heavy atom. The second-order valence-corrected chi connectivity index (χ2v) is 4.05. The molecule has 0 aliphatic carbocycles. The van der Waals surface area contributed by atoms with E-state index in [1.165, 1.54) is 12.1 Å². The fourth-order valence-corrected chi connectivity index (χ4v) is 1.78. The molecule has 0 aliphatic heterocycles. The third kappa shape index (κ3) is 2.48. The van der Waals surface area contributed by atoms with E-state index in [9.17, 15) is 4.39 Å². The molecule has 0 saturated carbocycles. The van der Waals surface area contributed by atoms with E-state index in [2.05, 4.69) is 0 Å². The Labute approximate surface area is 90.2 Å². The number of ether oxygens (including phenoxy) is 1. The van der Waals surface area contributed by atoms with E-state index in [1.807, 2.05) is 20.8 Å². The Morgan fingerprint density at radius 3 is 2.27 bits per heavy atom. The molecule has 1 aromatic rings. The average molecular weight is 211 g/mol. The van der Waals surface area contributed by atoms with Crippen molar-refractivity contribution in [3.05, 3.63) is 29.1 Å². The summed E-state index contributed by atoms with van der Waals surface area (Å²) in [6.45, 7) is 5.93. The van der Waals surface area contributed by atoms with Gasteiger partial charge in [-0.3, -0.25) is 0 Å². The minimum absolute atomic E-state index is 0.188. The first-order valence-corrected chi connectivity index (χ1v) is 5.10. The number of halogens is 1. The third-order valence-corrected chi connectivity index (χ3v) is 2.43. The molecule has 1 atom stereocenters. The molecule has 0 aliphatic rings. The Morgan fingerprint density at radius 1 is 1.27 bits per heavy atom. The highest BCUT2D eigenvalue weighted by Crippen LogP contribution is 2.33. The first-order chi connectivity index (χ1) is 6.97. The summed E-state index contributed by atoms with van der Waals surface area (Å²) in [7, 11) is 1.55. The zero-order valence-electron chi connectivity index (χ0n) is 9.67. The lowest BCUT2D eigenvalue weighted by Gasteiger charge is -2.19. The number of rotatable bonds is 3. The normalized spacial score (nSPS) is 13.0. The maximum absolute atomic E-state index is 13.3.